The summed E-state index contributed by atoms with van der Waals surface area (Å²) < 4.78 is 65.3. The van der Waals surface area contributed by atoms with E-state index in [9.17, 15) is 22.0 Å². The van der Waals surface area contributed by atoms with Gasteiger partial charge in [-0.15, -0.1) is 5.10 Å². The van der Waals surface area contributed by atoms with Gasteiger partial charge in [0.1, 0.15) is 17.0 Å². The summed E-state index contributed by atoms with van der Waals surface area (Å²) in [6.45, 7) is 1.30. The molecule has 1 aliphatic carbocycles. The minimum atomic E-state index is -4.32. The van der Waals surface area contributed by atoms with Crippen molar-refractivity contribution in [2.24, 2.45) is 5.10 Å². The van der Waals surface area contributed by atoms with Crippen molar-refractivity contribution in [1.82, 2.24) is 30.4 Å². The van der Waals surface area contributed by atoms with E-state index < -0.39 is 51.6 Å². The number of hydrogen-bond donors (Lipinski definition) is 3. The molecule has 2 heterocycles. The van der Waals surface area contributed by atoms with Gasteiger partial charge in [0, 0.05) is 32.0 Å². The summed E-state index contributed by atoms with van der Waals surface area (Å²) in [6.07, 6.45) is 0.876. The standard InChI is InChI=1S/C19H22ClF2N7O5S/c1-10(15(34-3)16-23-8-11(20)9-24-16)35(31,32)29-18(26-13-7-19(13,21)22)28-27-17(30)12-5-4-6-14(25-12)33-2/h4-6,8-10,13,15H,7H2,1-3H3,(H,27,30)(H2,26,28,29)/t10-,13-,15-/m0/s1. The highest BCUT2D eigenvalue weighted by Gasteiger charge is 2.57. The van der Waals surface area contributed by atoms with Crippen LogP contribution in [0.2, 0.25) is 5.02 Å². The predicted octanol–water partition coefficient (Wildman–Crippen LogP) is 1.23. The van der Waals surface area contributed by atoms with Crippen molar-refractivity contribution in [3.63, 3.8) is 0 Å². The Hall–Kier alpha value is -3.17. The second-order valence-electron chi connectivity index (χ2n) is 7.40. The lowest BCUT2D eigenvalue weighted by atomic mass is 10.2. The SMILES string of the molecule is COc1cccc(C(=O)N/N=C(\N[C@H]2CC2(F)F)NS(=O)(=O)[C@@H](C)[C@H](OC)c2ncc(Cl)cn2)n1. The van der Waals surface area contributed by atoms with Crippen LogP contribution in [0.25, 0.3) is 0 Å². The Morgan fingerprint density at radius 1 is 1.29 bits per heavy atom. The average Bonchev–Trinajstić information content (AvgIpc) is 3.43. The first kappa shape index (κ1) is 26.4. The molecule has 3 N–H and O–H groups in total. The van der Waals surface area contributed by atoms with Crippen LogP contribution in [-0.2, 0) is 14.8 Å². The number of alkyl halides is 2. The Bertz CT molecular complexity index is 1200. The predicted molar refractivity (Wildman–Crippen MR) is 120 cm³/mol. The van der Waals surface area contributed by atoms with E-state index in [0.29, 0.717) is 0 Å². The molecule has 3 atom stereocenters. The largest absolute Gasteiger partial charge is 0.481 e. The van der Waals surface area contributed by atoms with Crippen molar-refractivity contribution in [1.29, 1.82) is 0 Å². The minimum absolute atomic E-state index is 0.0346. The number of carbonyl (C=O) groups is 1. The number of amides is 1. The monoisotopic (exact) mass is 533 g/mol. The minimum Gasteiger partial charge on any atom is -0.481 e. The molecule has 0 unspecified atom stereocenters. The highest BCUT2D eigenvalue weighted by Crippen LogP contribution is 2.41. The van der Waals surface area contributed by atoms with Crippen LogP contribution < -0.4 is 20.2 Å². The van der Waals surface area contributed by atoms with Crippen molar-refractivity contribution >= 4 is 33.5 Å². The zero-order chi connectivity index (χ0) is 25.8. The first-order valence-corrected chi connectivity index (χ1v) is 11.9. The quantitative estimate of drug-likeness (QED) is 0.245. The van der Waals surface area contributed by atoms with Gasteiger partial charge in [0.05, 0.1) is 18.2 Å². The Balaban J connectivity index is 1.80. The molecule has 3 rings (SSSR count). The van der Waals surface area contributed by atoms with E-state index in [0.717, 1.165) is 0 Å². The van der Waals surface area contributed by atoms with Crippen LogP contribution in [0.15, 0.2) is 35.7 Å². The van der Waals surface area contributed by atoms with Crippen molar-refractivity contribution < 1.29 is 31.5 Å². The number of nitrogens with zero attached hydrogens (tertiary/aromatic N) is 4. The van der Waals surface area contributed by atoms with Crippen molar-refractivity contribution in [3.05, 3.63) is 47.1 Å². The van der Waals surface area contributed by atoms with Gasteiger partial charge in [0.15, 0.2) is 5.82 Å². The summed E-state index contributed by atoms with van der Waals surface area (Å²) in [7, 11) is -1.70. The van der Waals surface area contributed by atoms with E-state index >= 15 is 0 Å². The molecule has 2 aromatic rings. The third-order valence-electron chi connectivity index (χ3n) is 4.87. The molecule has 0 spiro atoms. The molecule has 0 radical (unpaired) electrons. The first-order valence-electron chi connectivity index (χ1n) is 10.0. The number of carbonyl (C=O) groups excluding carboxylic acids is 1. The highest BCUT2D eigenvalue weighted by molar-refractivity contribution is 7.90. The van der Waals surface area contributed by atoms with E-state index in [1.54, 1.807) is 0 Å². The maximum atomic E-state index is 13.5. The van der Waals surface area contributed by atoms with Gasteiger partial charge in [-0.1, -0.05) is 17.7 Å². The van der Waals surface area contributed by atoms with E-state index in [1.165, 1.54) is 51.7 Å². The fourth-order valence-corrected chi connectivity index (χ4v) is 4.02. The van der Waals surface area contributed by atoms with Gasteiger partial charge in [0.2, 0.25) is 21.9 Å². The molecule has 35 heavy (non-hydrogen) atoms. The second-order valence-corrected chi connectivity index (χ2v) is 9.87. The number of halogens is 3. The first-order chi connectivity index (χ1) is 16.5. The smallest absolute Gasteiger partial charge is 0.290 e. The zero-order valence-electron chi connectivity index (χ0n) is 18.7. The number of sulfonamides is 1. The van der Waals surface area contributed by atoms with Crippen LogP contribution in [0.4, 0.5) is 8.78 Å². The molecule has 0 saturated heterocycles. The summed E-state index contributed by atoms with van der Waals surface area (Å²) >= 11 is 5.77. The van der Waals surface area contributed by atoms with Crippen molar-refractivity contribution in [2.75, 3.05) is 14.2 Å². The van der Waals surface area contributed by atoms with Crippen molar-refractivity contribution in [2.45, 2.75) is 36.7 Å². The maximum absolute atomic E-state index is 13.5. The van der Waals surface area contributed by atoms with Gasteiger partial charge in [0.25, 0.3) is 11.8 Å². The van der Waals surface area contributed by atoms with Crippen LogP contribution in [-0.4, -0.2) is 66.7 Å². The molecule has 0 aromatic carbocycles. The third-order valence-corrected chi connectivity index (χ3v) is 6.77. The third kappa shape index (κ3) is 6.70. The Morgan fingerprint density at radius 2 is 1.94 bits per heavy atom. The molecule has 1 saturated carbocycles. The average molecular weight is 534 g/mol. The van der Waals surface area contributed by atoms with Gasteiger partial charge >= 0.3 is 0 Å². The number of rotatable bonds is 9. The Morgan fingerprint density at radius 3 is 2.51 bits per heavy atom. The molecular formula is C19H22ClF2N7O5S. The number of hydrazone groups is 1. The summed E-state index contributed by atoms with van der Waals surface area (Å²) in [6, 6.07) is 3.00. The maximum Gasteiger partial charge on any atom is 0.290 e. The lowest BCUT2D eigenvalue weighted by Gasteiger charge is -2.23. The number of ether oxygens (including phenoxy) is 2. The molecule has 0 bridgehead atoms. The molecule has 190 valence electrons. The zero-order valence-corrected chi connectivity index (χ0v) is 20.3. The number of nitrogens with one attached hydrogen (secondary N) is 3. The van der Waals surface area contributed by atoms with Gasteiger partial charge in [-0.2, -0.15) is 0 Å². The topological polar surface area (TPSA) is 157 Å². The summed E-state index contributed by atoms with van der Waals surface area (Å²) in [4.78, 5) is 24.2. The number of pyridine rings is 1. The summed E-state index contributed by atoms with van der Waals surface area (Å²) in [5, 5.41) is 4.87. The molecule has 1 fully saturated rings. The van der Waals surface area contributed by atoms with Crippen LogP contribution in [0, 0.1) is 0 Å². The number of hydrogen-bond acceptors (Lipinski definition) is 9. The fourth-order valence-electron chi connectivity index (χ4n) is 2.80. The van der Waals surface area contributed by atoms with Gasteiger partial charge in [-0.05, 0) is 13.0 Å². The normalized spacial score (nSPS) is 18.8. The van der Waals surface area contributed by atoms with Crippen LogP contribution >= 0.6 is 11.6 Å². The summed E-state index contributed by atoms with van der Waals surface area (Å²) in [5.41, 5.74) is 1.98. The lowest BCUT2D eigenvalue weighted by molar-refractivity contribution is 0.0943. The van der Waals surface area contributed by atoms with Gasteiger partial charge in [-0.25, -0.2) is 37.6 Å². The van der Waals surface area contributed by atoms with Crippen LogP contribution in [0.5, 0.6) is 5.88 Å². The highest BCUT2D eigenvalue weighted by atomic mass is 35.5. The molecule has 12 nitrogen and oxygen atoms in total. The van der Waals surface area contributed by atoms with E-state index in [4.69, 9.17) is 21.1 Å². The molecule has 0 aliphatic heterocycles. The van der Waals surface area contributed by atoms with E-state index in [2.05, 4.69) is 35.5 Å². The van der Waals surface area contributed by atoms with Crippen LogP contribution in [0.1, 0.15) is 35.8 Å². The Labute approximate surface area is 204 Å². The van der Waals surface area contributed by atoms with Gasteiger partial charge < -0.3 is 14.8 Å². The lowest BCUT2D eigenvalue weighted by Crippen LogP contribution is -2.48. The van der Waals surface area contributed by atoms with Crippen LogP contribution in [0.3, 0.4) is 0 Å². The number of methoxy groups -OCH3 is 2. The Kier molecular flexibility index (Phi) is 8.02. The molecule has 1 aliphatic rings. The molecular weight excluding hydrogens is 512 g/mol. The van der Waals surface area contributed by atoms with E-state index in [1.807, 2.05) is 0 Å². The number of aromatic nitrogens is 3. The molecule has 1 amide bonds. The molecule has 2 aromatic heterocycles. The van der Waals surface area contributed by atoms with Crippen molar-refractivity contribution in [3.8, 4) is 5.88 Å². The second kappa shape index (κ2) is 10.6. The number of guanidine groups is 1. The fraction of sp³-hybridized carbons (Fsp3) is 0.421. The molecule has 16 heteroatoms. The van der Waals surface area contributed by atoms with Gasteiger partial charge in [-0.3, -0.25) is 9.52 Å². The summed E-state index contributed by atoms with van der Waals surface area (Å²) in [5.74, 6) is -4.32. The van der Waals surface area contributed by atoms with E-state index in [-0.39, 0.29) is 22.4 Å².